The summed E-state index contributed by atoms with van der Waals surface area (Å²) in [6.07, 6.45) is -4.41. The highest BCUT2D eigenvalue weighted by Gasteiger charge is 2.30. The molecule has 112 valence electrons. The van der Waals surface area contributed by atoms with Crippen molar-refractivity contribution in [1.82, 2.24) is 9.78 Å². The molecule has 0 radical (unpaired) electrons. The van der Waals surface area contributed by atoms with Gasteiger partial charge in [0.05, 0.1) is 17.7 Å². The monoisotopic (exact) mass is 296 g/mol. The normalized spacial score (nSPS) is 11.7. The van der Waals surface area contributed by atoms with E-state index in [0.29, 0.717) is 12.2 Å². The molecule has 1 aromatic carbocycles. The Morgan fingerprint density at radius 2 is 2.00 bits per heavy atom. The van der Waals surface area contributed by atoms with Crippen LogP contribution in [0.5, 0.6) is 0 Å². The summed E-state index contributed by atoms with van der Waals surface area (Å²) in [5.41, 5.74) is 0.737. The Hall–Kier alpha value is -2.11. The molecule has 0 unspecified atom stereocenters. The van der Waals surface area contributed by atoms with Crippen molar-refractivity contribution in [2.24, 2.45) is 0 Å². The second kappa shape index (κ2) is 5.71. The smallest absolute Gasteiger partial charge is 0.294 e. The maximum Gasteiger partial charge on any atom is 0.416 e. The summed E-state index contributed by atoms with van der Waals surface area (Å²) in [5, 5.41) is 4.22. The Labute approximate surface area is 120 Å². The van der Waals surface area contributed by atoms with Gasteiger partial charge in [-0.15, -0.1) is 0 Å². The van der Waals surface area contributed by atoms with Crippen LogP contribution in [0.2, 0.25) is 0 Å². The van der Waals surface area contributed by atoms with E-state index < -0.39 is 11.7 Å². The van der Waals surface area contributed by atoms with E-state index in [2.05, 4.69) is 5.10 Å². The molecule has 0 saturated heterocycles. The molecule has 0 saturated carbocycles. The molecule has 0 bridgehead atoms. The summed E-state index contributed by atoms with van der Waals surface area (Å²) in [6.45, 7) is 4.31. The van der Waals surface area contributed by atoms with Crippen LogP contribution in [-0.4, -0.2) is 15.6 Å². The minimum Gasteiger partial charge on any atom is -0.294 e. The topological polar surface area (TPSA) is 34.9 Å². The highest BCUT2D eigenvalue weighted by Crippen LogP contribution is 2.29. The van der Waals surface area contributed by atoms with Crippen molar-refractivity contribution in [3.8, 4) is 0 Å². The first kappa shape index (κ1) is 15.3. The number of ketones is 1. The second-order valence-electron chi connectivity index (χ2n) is 4.77. The second-order valence-corrected chi connectivity index (χ2v) is 4.77. The fourth-order valence-corrected chi connectivity index (χ4v) is 2.15. The fourth-order valence-electron chi connectivity index (χ4n) is 2.15. The molecule has 6 heteroatoms. The Morgan fingerprint density at radius 1 is 1.29 bits per heavy atom. The van der Waals surface area contributed by atoms with Crippen LogP contribution in [0, 0.1) is 6.92 Å². The Morgan fingerprint density at radius 3 is 2.62 bits per heavy atom. The van der Waals surface area contributed by atoms with Crippen LogP contribution in [0.15, 0.2) is 30.3 Å². The minimum absolute atomic E-state index is 0.0377. The molecule has 21 heavy (non-hydrogen) atoms. The third kappa shape index (κ3) is 3.51. The number of halogens is 3. The van der Waals surface area contributed by atoms with Crippen LogP contribution in [-0.2, 0) is 19.1 Å². The van der Waals surface area contributed by atoms with Crippen LogP contribution >= 0.6 is 0 Å². The predicted molar refractivity (Wildman–Crippen MR) is 72.1 cm³/mol. The number of Topliss-reactive ketones (excluding diaryl/α,β-unsaturated/α-hetero) is 1. The summed E-state index contributed by atoms with van der Waals surface area (Å²) in [5.74, 6) is -0.351. The van der Waals surface area contributed by atoms with Gasteiger partial charge in [-0.3, -0.25) is 9.48 Å². The number of rotatable bonds is 4. The van der Waals surface area contributed by atoms with E-state index >= 15 is 0 Å². The fraction of sp³-hybridized carbons (Fsp3) is 0.333. The molecular formula is C15H15F3N2O. The van der Waals surface area contributed by atoms with Crippen LogP contribution in [0.4, 0.5) is 13.2 Å². The van der Waals surface area contributed by atoms with Gasteiger partial charge in [-0.25, -0.2) is 0 Å². The van der Waals surface area contributed by atoms with Gasteiger partial charge in [0.2, 0.25) is 0 Å². The van der Waals surface area contributed by atoms with Crippen molar-refractivity contribution in [2.45, 2.75) is 33.0 Å². The molecule has 1 heterocycles. The van der Waals surface area contributed by atoms with Gasteiger partial charge in [-0.05, 0) is 32.0 Å². The lowest BCUT2D eigenvalue weighted by Gasteiger charge is -2.08. The van der Waals surface area contributed by atoms with Gasteiger partial charge in [0.15, 0.2) is 5.78 Å². The molecule has 1 aromatic heterocycles. The molecule has 2 aromatic rings. The molecule has 0 aliphatic carbocycles. The number of alkyl halides is 3. The van der Waals surface area contributed by atoms with Gasteiger partial charge in [0, 0.05) is 17.8 Å². The lowest BCUT2D eigenvalue weighted by Crippen LogP contribution is -2.11. The minimum atomic E-state index is -4.45. The van der Waals surface area contributed by atoms with Crippen molar-refractivity contribution in [3.63, 3.8) is 0 Å². The van der Waals surface area contributed by atoms with Crippen molar-refractivity contribution in [3.05, 3.63) is 52.8 Å². The van der Waals surface area contributed by atoms with E-state index in [0.717, 1.165) is 17.8 Å². The SMILES string of the molecule is CCn1nc(C)cc1CC(=O)c1cccc(C(F)(F)F)c1. The lowest BCUT2D eigenvalue weighted by molar-refractivity contribution is -0.137. The number of benzene rings is 1. The number of aromatic nitrogens is 2. The predicted octanol–water partition coefficient (Wildman–Crippen LogP) is 3.66. The van der Waals surface area contributed by atoms with E-state index in [-0.39, 0.29) is 17.8 Å². The van der Waals surface area contributed by atoms with Gasteiger partial charge < -0.3 is 0 Å². The van der Waals surface area contributed by atoms with E-state index in [1.807, 2.05) is 13.8 Å². The van der Waals surface area contributed by atoms with Gasteiger partial charge in [-0.2, -0.15) is 18.3 Å². The van der Waals surface area contributed by atoms with Gasteiger partial charge in [-0.1, -0.05) is 12.1 Å². The quantitative estimate of drug-likeness (QED) is 0.807. The molecule has 0 fully saturated rings. The first-order valence-electron chi connectivity index (χ1n) is 6.55. The molecule has 0 atom stereocenters. The number of carbonyl (C=O) groups is 1. The number of carbonyl (C=O) groups excluding carboxylic acids is 1. The molecule has 0 aliphatic rings. The summed E-state index contributed by atoms with van der Waals surface area (Å²) in [7, 11) is 0. The average Bonchev–Trinajstić information content (AvgIpc) is 2.78. The highest BCUT2D eigenvalue weighted by atomic mass is 19.4. The summed E-state index contributed by atoms with van der Waals surface area (Å²) >= 11 is 0. The Balaban J connectivity index is 2.24. The van der Waals surface area contributed by atoms with Crippen molar-refractivity contribution >= 4 is 5.78 Å². The van der Waals surface area contributed by atoms with Crippen molar-refractivity contribution < 1.29 is 18.0 Å². The zero-order chi connectivity index (χ0) is 15.6. The maximum atomic E-state index is 12.7. The number of nitrogens with zero attached hydrogens (tertiary/aromatic N) is 2. The number of hydrogen-bond acceptors (Lipinski definition) is 2. The van der Waals surface area contributed by atoms with E-state index in [4.69, 9.17) is 0 Å². The molecule has 0 N–H and O–H groups in total. The largest absolute Gasteiger partial charge is 0.416 e. The summed E-state index contributed by atoms with van der Waals surface area (Å²) in [6, 6.07) is 6.27. The average molecular weight is 296 g/mol. The summed E-state index contributed by atoms with van der Waals surface area (Å²) in [4.78, 5) is 12.2. The van der Waals surface area contributed by atoms with Crippen molar-refractivity contribution in [1.29, 1.82) is 0 Å². The first-order chi connectivity index (χ1) is 9.81. The molecule has 0 amide bonds. The molecular weight excluding hydrogens is 281 g/mol. The molecule has 0 aliphatic heterocycles. The molecule has 2 rings (SSSR count). The number of hydrogen-bond donors (Lipinski definition) is 0. The van der Waals surface area contributed by atoms with Crippen LogP contribution in [0.1, 0.15) is 34.2 Å². The maximum absolute atomic E-state index is 12.7. The van der Waals surface area contributed by atoms with Crippen LogP contribution in [0.25, 0.3) is 0 Å². The third-order valence-corrected chi connectivity index (χ3v) is 3.14. The highest BCUT2D eigenvalue weighted by molar-refractivity contribution is 5.97. The molecule has 3 nitrogen and oxygen atoms in total. The lowest BCUT2D eigenvalue weighted by atomic mass is 10.0. The number of aryl methyl sites for hydroxylation is 2. The van der Waals surface area contributed by atoms with Crippen LogP contribution in [0.3, 0.4) is 0 Å². The van der Waals surface area contributed by atoms with Gasteiger partial charge in [0.25, 0.3) is 0 Å². The van der Waals surface area contributed by atoms with E-state index in [9.17, 15) is 18.0 Å². The van der Waals surface area contributed by atoms with Gasteiger partial charge in [0.1, 0.15) is 0 Å². The Bertz CT molecular complexity index is 659. The standard InChI is InChI=1S/C15H15F3N2O/c1-3-20-13(7-10(2)19-20)9-14(21)11-5-4-6-12(8-11)15(16,17)18/h4-8H,3,9H2,1-2H3. The van der Waals surface area contributed by atoms with E-state index in [1.54, 1.807) is 10.7 Å². The van der Waals surface area contributed by atoms with Gasteiger partial charge >= 0.3 is 6.18 Å². The first-order valence-corrected chi connectivity index (χ1v) is 6.55. The summed E-state index contributed by atoms with van der Waals surface area (Å²) < 4.78 is 39.6. The van der Waals surface area contributed by atoms with Crippen molar-refractivity contribution in [2.75, 3.05) is 0 Å². The zero-order valence-electron chi connectivity index (χ0n) is 11.7. The zero-order valence-corrected chi connectivity index (χ0v) is 11.7. The molecule has 0 spiro atoms. The third-order valence-electron chi connectivity index (χ3n) is 3.14. The Kier molecular flexibility index (Phi) is 4.16. The van der Waals surface area contributed by atoms with E-state index in [1.165, 1.54) is 12.1 Å². The van der Waals surface area contributed by atoms with Crippen LogP contribution < -0.4 is 0 Å².